The van der Waals surface area contributed by atoms with Crippen LogP contribution in [-0.2, 0) is 19.1 Å². The topological polar surface area (TPSA) is 108 Å². The van der Waals surface area contributed by atoms with Gasteiger partial charge in [0.2, 0.25) is 0 Å². The van der Waals surface area contributed by atoms with Crippen LogP contribution in [0.5, 0.6) is 0 Å². The summed E-state index contributed by atoms with van der Waals surface area (Å²) in [5, 5.41) is 23.5. The Labute approximate surface area is 124 Å². The molecular formula is C13H24N2O6. The fraction of sp³-hybridized carbons (Fsp3) is 0.846. The molecule has 1 saturated heterocycles. The number of hydrogen-bond acceptors (Lipinski definition) is 6. The molecular weight excluding hydrogens is 280 g/mol. The van der Waals surface area contributed by atoms with E-state index in [0.717, 1.165) is 4.90 Å². The Kier molecular flexibility index (Phi) is 4.17. The number of carbonyl (C=O) groups excluding carboxylic acids is 2. The first kappa shape index (κ1) is 17.8. The summed E-state index contributed by atoms with van der Waals surface area (Å²) in [7, 11) is 4.23. The Morgan fingerprint density at radius 3 is 1.71 bits per heavy atom. The Morgan fingerprint density at radius 1 is 0.952 bits per heavy atom. The minimum absolute atomic E-state index is 0.750. The molecule has 8 heteroatoms. The monoisotopic (exact) mass is 304 g/mol. The summed E-state index contributed by atoms with van der Waals surface area (Å²) in [5.41, 5.74) is -3.33. The lowest BCUT2D eigenvalue weighted by atomic mass is 9.86. The average Bonchev–Trinajstić information content (AvgIpc) is 2.33. The van der Waals surface area contributed by atoms with Crippen molar-refractivity contribution in [2.75, 3.05) is 21.1 Å². The number of aliphatic hydroxyl groups is 2. The number of hydrogen-bond donors (Lipinski definition) is 3. The van der Waals surface area contributed by atoms with Crippen molar-refractivity contribution in [2.24, 2.45) is 0 Å². The smallest absolute Gasteiger partial charge is 0.285 e. The highest BCUT2D eigenvalue weighted by atomic mass is 16.8. The molecule has 2 amide bonds. The van der Waals surface area contributed by atoms with E-state index in [0.29, 0.717) is 0 Å². The van der Waals surface area contributed by atoms with Gasteiger partial charge in [-0.2, -0.15) is 0 Å². The van der Waals surface area contributed by atoms with Gasteiger partial charge in [0, 0.05) is 21.1 Å². The van der Waals surface area contributed by atoms with Gasteiger partial charge in [0.1, 0.15) is 11.2 Å². The molecule has 0 aromatic heterocycles. The number of ether oxygens (including phenoxy) is 2. The second kappa shape index (κ2) is 4.91. The van der Waals surface area contributed by atoms with Gasteiger partial charge < -0.3 is 29.9 Å². The van der Waals surface area contributed by atoms with Crippen molar-refractivity contribution >= 4 is 11.8 Å². The van der Waals surface area contributed by atoms with Crippen LogP contribution in [0, 0.1) is 0 Å². The minimum atomic E-state index is -2.36. The summed E-state index contributed by atoms with van der Waals surface area (Å²) in [6.45, 7) is 5.42. The molecule has 3 N–H and O–H groups in total. The molecule has 1 aliphatic heterocycles. The molecule has 0 spiro atoms. The lowest BCUT2D eigenvalue weighted by molar-refractivity contribution is -0.446. The highest BCUT2D eigenvalue weighted by Crippen LogP contribution is 2.46. The lowest BCUT2D eigenvalue weighted by Crippen LogP contribution is -2.78. The van der Waals surface area contributed by atoms with Crippen LogP contribution in [0.4, 0.5) is 0 Å². The van der Waals surface area contributed by atoms with Gasteiger partial charge in [0.15, 0.2) is 0 Å². The predicted octanol–water partition coefficient (Wildman–Crippen LogP) is -1.20. The number of likely N-dealkylation sites (N-methyl/N-ethyl adjacent to an activating group) is 2. The van der Waals surface area contributed by atoms with E-state index in [1.54, 1.807) is 0 Å². The Balaban J connectivity index is 3.38. The SMILES string of the molecule is CNC(=O)C1(O)OC(C)(C)C(O)(C(=O)N(C)C)OC1(C)C. The summed E-state index contributed by atoms with van der Waals surface area (Å²) in [4.78, 5) is 25.4. The number of rotatable bonds is 2. The van der Waals surface area contributed by atoms with Gasteiger partial charge in [-0.1, -0.05) is 0 Å². The van der Waals surface area contributed by atoms with Crippen molar-refractivity contribution in [3.63, 3.8) is 0 Å². The van der Waals surface area contributed by atoms with Crippen LogP contribution in [0.3, 0.4) is 0 Å². The maximum atomic E-state index is 12.3. The predicted molar refractivity (Wildman–Crippen MR) is 73.0 cm³/mol. The summed E-state index contributed by atoms with van der Waals surface area (Å²) >= 11 is 0. The van der Waals surface area contributed by atoms with E-state index in [9.17, 15) is 19.8 Å². The van der Waals surface area contributed by atoms with Crippen LogP contribution in [0.2, 0.25) is 0 Å². The first-order valence-electron chi connectivity index (χ1n) is 6.54. The quantitative estimate of drug-likeness (QED) is 0.591. The van der Waals surface area contributed by atoms with Gasteiger partial charge >= 0.3 is 0 Å². The molecule has 1 fully saturated rings. The molecule has 1 heterocycles. The second-order valence-corrected chi connectivity index (χ2v) is 6.29. The third-order valence-electron chi connectivity index (χ3n) is 3.67. The molecule has 2 atom stereocenters. The standard InChI is InChI=1S/C13H24N2O6/c1-10(2)12(18,8(16)14-5)20-11(3,4)13(19,21-10)9(17)15(6)7/h18-19H,1-7H3,(H,14,16). The molecule has 0 radical (unpaired) electrons. The van der Waals surface area contributed by atoms with Gasteiger partial charge in [0.05, 0.1) is 0 Å². The van der Waals surface area contributed by atoms with Gasteiger partial charge in [-0.05, 0) is 27.7 Å². The van der Waals surface area contributed by atoms with Crippen molar-refractivity contribution in [3.8, 4) is 0 Å². The molecule has 0 aromatic carbocycles. The van der Waals surface area contributed by atoms with E-state index in [2.05, 4.69) is 5.32 Å². The highest BCUT2D eigenvalue weighted by Gasteiger charge is 2.69. The van der Waals surface area contributed by atoms with Gasteiger partial charge in [0.25, 0.3) is 23.4 Å². The number of nitrogens with one attached hydrogen (secondary N) is 1. The van der Waals surface area contributed by atoms with E-state index >= 15 is 0 Å². The summed E-state index contributed by atoms with van der Waals surface area (Å²) in [6, 6.07) is 0. The third-order valence-corrected chi connectivity index (χ3v) is 3.67. The maximum absolute atomic E-state index is 12.3. The molecule has 0 aliphatic carbocycles. The summed E-state index contributed by atoms with van der Waals surface area (Å²) in [6.07, 6.45) is 0. The van der Waals surface area contributed by atoms with Crippen molar-refractivity contribution in [2.45, 2.75) is 50.5 Å². The van der Waals surface area contributed by atoms with Crippen LogP contribution in [0.25, 0.3) is 0 Å². The molecule has 1 aliphatic rings. The van der Waals surface area contributed by atoms with Crippen LogP contribution in [0.15, 0.2) is 0 Å². The van der Waals surface area contributed by atoms with E-state index < -0.39 is 34.6 Å². The Morgan fingerprint density at radius 2 is 1.33 bits per heavy atom. The highest BCUT2D eigenvalue weighted by molar-refractivity contribution is 5.87. The van der Waals surface area contributed by atoms with Crippen molar-refractivity contribution < 1.29 is 29.3 Å². The zero-order valence-corrected chi connectivity index (χ0v) is 13.5. The molecule has 1 rings (SSSR count). The number of carbonyl (C=O) groups is 2. The van der Waals surface area contributed by atoms with Crippen molar-refractivity contribution in [1.82, 2.24) is 10.2 Å². The zero-order chi connectivity index (χ0) is 16.9. The van der Waals surface area contributed by atoms with Crippen LogP contribution in [0.1, 0.15) is 27.7 Å². The lowest BCUT2D eigenvalue weighted by Gasteiger charge is -2.56. The Bertz CT molecular complexity index is 462. The van der Waals surface area contributed by atoms with Crippen molar-refractivity contribution in [3.05, 3.63) is 0 Å². The summed E-state index contributed by atoms with van der Waals surface area (Å²) < 4.78 is 10.9. The molecule has 0 saturated carbocycles. The minimum Gasteiger partial charge on any atom is -0.356 e. The fourth-order valence-corrected chi connectivity index (χ4v) is 2.22. The number of amides is 2. The maximum Gasteiger partial charge on any atom is 0.285 e. The van der Waals surface area contributed by atoms with Gasteiger partial charge in [-0.15, -0.1) is 0 Å². The second-order valence-electron chi connectivity index (χ2n) is 6.29. The van der Waals surface area contributed by atoms with Gasteiger partial charge in [-0.3, -0.25) is 9.59 Å². The largest absolute Gasteiger partial charge is 0.356 e. The van der Waals surface area contributed by atoms with Crippen molar-refractivity contribution in [1.29, 1.82) is 0 Å². The normalized spacial score (nSPS) is 34.1. The number of nitrogens with zero attached hydrogens (tertiary/aromatic N) is 1. The van der Waals surface area contributed by atoms with Crippen LogP contribution in [-0.4, -0.2) is 70.8 Å². The molecule has 8 nitrogen and oxygen atoms in total. The van der Waals surface area contributed by atoms with Gasteiger partial charge in [-0.25, -0.2) is 0 Å². The molecule has 21 heavy (non-hydrogen) atoms. The first-order chi connectivity index (χ1) is 9.25. The van der Waals surface area contributed by atoms with E-state index in [1.165, 1.54) is 48.8 Å². The third kappa shape index (κ3) is 2.42. The molecule has 122 valence electrons. The van der Waals surface area contributed by atoms with Crippen LogP contribution < -0.4 is 5.32 Å². The zero-order valence-electron chi connectivity index (χ0n) is 13.5. The van der Waals surface area contributed by atoms with E-state index in [1.807, 2.05) is 0 Å². The first-order valence-corrected chi connectivity index (χ1v) is 6.54. The Hall–Kier alpha value is -1.22. The van der Waals surface area contributed by atoms with Crippen LogP contribution >= 0.6 is 0 Å². The molecule has 0 aromatic rings. The van der Waals surface area contributed by atoms with E-state index in [-0.39, 0.29) is 0 Å². The van der Waals surface area contributed by atoms with E-state index in [4.69, 9.17) is 9.47 Å². The molecule has 0 bridgehead atoms. The summed E-state index contributed by atoms with van der Waals surface area (Å²) in [5.74, 6) is -6.29. The average molecular weight is 304 g/mol. The molecule has 2 unspecified atom stereocenters. The fourth-order valence-electron chi connectivity index (χ4n) is 2.22.